The first-order valence-electron chi connectivity index (χ1n) is 9.33. The third-order valence-electron chi connectivity index (χ3n) is 4.90. The molecule has 0 unspecified atom stereocenters. The zero-order valence-corrected chi connectivity index (χ0v) is 18.1. The molecule has 0 aliphatic heterocycles. The van der Waals surface area contributed by atoms with E-state index in [-0.39, 0.29) is 16.0 Å². The Morgan fingerprint density at radius 3 is 1.52 bits per heavy atom. The van der Waals surface area contributed by atoms with E-state index in [0.29, 0.717) is 23.3 Å². The number of primary sulfonamides is 1. The Morgan fingerprint density at radius 2 is 1.15 bits per heavy atom. The molecular weight excluding hydrogens is 470 g/mol. The summed E-state index contributed by atoms with van der Waals surface area (Å²) in [6, 6.07) is 12.5. The van der Waals surface area contributed by atoms with Crippen LogP contribution < -0.4 is 10.0 Å². The maximum absolute atomic E-state index is 13.8. The highest BCUT2D eigenvalue weighted by Crippen LogP contribution is 2.47. The van der Waals surface area contributed by atoms with Gasteiger partial charge in [0, 0.05) is 14.1 Å². The van der Waals surface area contributed by atoms with Gasteiger partial charge in [-0.25, -0.2) is 13.6 Å². The molecule has 0 saturated carbocycles. The zero-order chi connectivity index (χ0) is 24.8. The van der Waals surface area contributed by atoms with Gasteiger partial charge >= 0.3 is 12.4 Å². The van der Waals surface area contributed by atoms with Crippen molar-refractivity contribution in [2.75, 3.05) is 19.0 Å². The van der Waals surface area contributed by atoms with Gasteiger partial charge in [0.2, 0.25) is 10.0 Å². The fraction of sp³-hybridized carbons (Fsp3) is 0.182. The van der Waals surface area contributed by atoms with Gasteiger partial charge in [0.15, 0.2) is 0 Å². The summed E-state index contributed by atoms with van der Waals surface area (Å²) in [5.74, 6) is 0. The Hall–Kier alpha value is -3.05. The van der Waals surface area contributed by atoms with E-state index in [1.165, 1.54) is 42.5 Å². The molecule has 0 saturated heterocycles. The lowest BCUT2D eigenvalue weighted by molar-refractivity contribution is -0.142. The number of halogens is 6. The number of hydrogen-bond acceptors (Lipinski definition) is 3. The molecule has 0 aromatic heterocycles. The molecule has 11 heteroatoms. The monoisotopic (exact) mass is 488 g/mol. The highest BCUT2D eigenvalue weighted by molar-refractivity contribution is 7.89. The van der Waals surface area contributed by atoms with Crippen LogP contribution in [0.2, 0.25) is 0 Å². The molecule has 3 rings (SSSR count). The van der Waals surface area contributed by atoms with Crippen LogP contribution in [0.15, 0.2) is 65.6 Å². The van der Waals surface area contributed by atoms with Crippen LogP contribution >= 0.6 is 0 Å². The van der Waals surface area contributed by atoms with Crippen molar-refractivity contribution < 1.29 is 34.8 Å². The van der Waals surface area contributed by atoms with Crippen molar-refractivity contribution in [1.82, 2.24) is 0 Å². The van der Waals surface area contributed by atoms with Crippen LogP contribution in [0.4, 0.5) is 32.0 Å². The molecule has 3 aromatic carbocycles. The van der Waals surface area contributed by atoms with E-state index in [1.807, 2.05) is 0 Å². The lowest BCUT2D eigenvalue weighted by Crippen LogP contribution is -2.22. The number of benzene rings is 3. The Kier molecular flexibility index (Phi) is 6.24. The molecule has 0 aliphatic carbocycles. The molecule has 2 N–H and O–H groups in total. The number of sulfonamides is 1. The predicted octanol–water partition coefficient (Wildman–Crippen LogP) is 5.77. The van der Waals surface area contributed by atoms with Crippen LogP contribution in [0.3, 0.4) is 0 Å². The molecule has 0 amide bonds. The van der Waals surface area contributed by atoms with E-state index < -0.39 is 39.2 Å². The molecule has 0 aliphatic rings. The molecule has 4 nitrogen and oxygen atoms in total. The number of anilines is 1. The smallest absolute Gasteiger partial charge is 0.377 e. The van der Waals surface area contributed by atoms with Crippen LogP contribution in [0.5, 0.6) is 0 Å². The van der Waals surface area contributed by atoms with E-state index in [2.05, 4.69) is 0 Å². The van der Waals surface area contributed by atoms with Gasteiger partial charge in [0.05, 0.1) is 21.7 Å². The molecule has 0 radical (unpaired) electrons. The maximum Gasteiger partial charge on any atom is 0.418 e. The number of nitrogens with zero attached hydrogens (tertiary/aromatic N) is 1. The topological polar surface area (TPSA) is 63.4 Å². The van der Waals surface area contributed by atoms with Gasteiger partial charge in [-0.15, -0.1) is 0 Å². The van der Waals surface area contributed by atoms with Crippen molar-refractivity contribution >= 4 is 15.7 Å². The molecular formula is C22H18F6N2O2S. The minimum absolute atomic E-state index is 0.113. The minimum Gasteiger partial charge on any atom is -0.377 e. The summed E-state index contributed by atoms with van der Waals surface area (Å²) < 4.78 is 106. The highest BCUT2D eigenvalue weighted by atomic mass is 32.2. The summed E-state index contributed by atoms with van der Waals surface area (Å²) in [6.07, 6.45) is -10.1. The predicted molar refractivity (Wildman–Crippen MR) is 113 cm³/mol. The second-order valence-electron chi connectivity index (χ2n) is 7.42. The van der Waals surface area contributed by atoms with Crippen molar-refractivity contribution in [3.05, 3.63) is 71.8 Å². The first-order chi connectivity index (χ1) is 15.1. The second-order valence-corrected chi connectivity index (χ2v) is 8.99. The van der Waals surface area contributed by atoms with E-state index in [9.17, 15) is 34.8 Å². The molecule has 0 bridgehead atoms. The van der Waals surface area contributed by atoms with Crippen LogP contribution in [0.25, 0.3) is 22.3 Å². The van der Waals surface area contributed by atoms with Crippen molar-refractivity contribution in [2.45, 2.75) is 17.2 Å². The van der Waals surface area contributed by atoms with Crippen molar-refractivity contribution in [1.29, 1.82) is 0 Å². The van der Waals surface area contributed by atoms with Crippen molar-refractivity contribution in [3.8, 4) is 22.3 Å². The molecule has 0 atom stereocenters. The van der Waals surface area contributed by atoms with E-state index >= 15 is 0 Å². The Balaban J connectivity index is 2.31. The van der Waals surface area contributed by atoms with Crippen molar-refractivity contribution in [2.24, 2.45) is 5.14 Å². The fourth-order valence-electron chi connectivity index (χ4n) is 3.51. The average Bonchev–Trinajstić information content (AvgIpc) is 2.71. The zero-order valence-electron chi connectivity index (χ0n) is 17.3. The lowest BCUT2D eigenvalue weighted by Gasteiger charge is -2.25. The second kappa shape index (κ2) is 8.38. The third-order valence-corrected chi connectivity index (χ3v) is 5.83. The van der Waals surface area contributed by atoms with Gasteiger partial charge in [-0.2, -0.15) is 26.3 Å². The van der Waals surface area contributed by atoms with Gasteiger partial charge in [0.25, 0.3) is 0 Å². The Morgan fingerprint density at radius 1 is 0.727 bits per heavy atom. The molecule has 0 spiro atoms. The molecule has 33 heavy (non-hydrogen) atoms. The number of nitrogens with two attached hydrogens (primary N) is 1. The SMILES string of the molecule is CN(C)c1c(C(F)(F)F)cc(-c2ccccc2-c2ccc(S(N)(=O)=O)cc2)cc1C(F)(F)F. The standard InChI is InChI=1S/C22H18F6N2O2S/c1-30(2)20-18(21(23,24)25)11-14(12-19(20)22(26,27)28)17-6-4-3-5-16(17)13-7-9-15(10-8-13)33(29,31)32/h3-12H,1-2H3,(H2,29,31,32). The maximum atomic E-state index is 13.8. The van der Waals surface area contributed by atoms with Crippen LogP contribution in [-0.2, 0) is 22.4 Å². The molecule has 176 valence electrons. The average molecular weight is 488 g/mol. The summed E-state index contributed by atoms with van der Waals surface area (Å²) in [4.78, 5) is 0.602. The first-order valence-corrected chi connectivity index (χ1v) is 10.9. The number of rotatable bonds is 4. The fourth-order valence-corrected chi connectivity index (χ4v) is 4.03. The molecule has 3 aromatic rings. The van der Waals surface area contributed by atoms with Gasteiger partial charge in [-0.1, -0.05) is 36.4 Å². The largest absolute Gasteiger partial charge is 0.418 e. The summed E-state index contributed by atoms with van der Waals surface area (Å²) >= 11 is 0. The Bertz CT molecular complexity index is 1250. The first kappa shape index (κ1) is 24.6. The van der Waals surface area contributed by atoms with E-state index in [4.69, 9.17) is 5.14 Å². The summed E-state index contributed by atoms with van der Waals surface area (Å²) in [6.45, 7) is 0. The normalized spacial score (nSPS) is 12.6. The minimum atomic E-state index is -5.04. The quantitative estimate of drug-likeness (QED) is 0.474. The van der Waals surface area contributed by atoms with Crippen LogP contribution in [0, 0.1) is 0 Å². The van der Waals surface area contributed by atoms with Crippen LogP contribution in [0.1, 0.15) is 11.1 Å². The number of alkyl halides is 6. The van der Waals surface area contributed by atoms with Crippen molar-refractivity contribution in [3.63, 3.8) is 0 Å². The highest BCUT2D eigenvalue weighted by Gasteiger charge is 2.42. The van der Waals surface area contributed by atoms with E-state index in [1.54, 1.807) is 6.07 Å². The molecule has 0 fully saturated rings. The van der Waals surface area contributed by atoms with Gasteiger partial charge in [-0.05, 0) is 46.5 Å². The van der Waals surface area contributed by atoms with Gasteiger partial charge in [0.1, 0.15) is 0 Å². The Labute approximate surface area is 186 Å². The van der Waals surface area contributed by atoms with Gasteiger partial charge < -0.3 is 4.90 Å². The molecule has 0 heterocycles. The lowest BCUT2D eigenvalue weighted by atomic mass is 9.91. The van der Waals surface area contributed by atoms with Crippen LogP contribution in [-0.4, -0.2) is 22.5 Å². The van der Waals surface area contributed by atoms with Gasteiger partial charge in [-0.3, -0.25) is 0 Å². The summed E-state index contributed by atoms with van der Waals surface area (Å²) in [7, 11) is -1.75. The summed E-state index contributed by atoms with van der Waals surface area (Å²) in [5.41, 5.74) is -3.29. The summed E-state index contributed by atoms with van der Waals surface area (Å²) in [5, 5.41) is 5.07. The third kappa shape index (κ3) is 5.14. The van der Waals surface area contributed by atoms with E-state index in [0.717, 1.165) is 19.0 Å². The number of hydrogen-bond donors (Lipinski definition) is 1.